The minimum absolute atomic E-state index is 0.236. The van der Waals surface area contributed by atoms with Crippen molar-refractivity contribution in [2.45, 2.75) is 6.92 Å². The zero-order valence-electron chi connectivity index (χ0n) is 7.98. The second kappa shape index (κ2) is 3.67. The lowest BCUT2D eigenvalue weighted by Crippen LogP contribution is -2.00. The Morgan fingerprint density at radius 1 is 1.53 bits per heavy atom. The van der Waals surface area contributed by atoms with E-state index in [0.29, 0.717) is 5.00 Å². The van der Waals surface area contributed by atoms with Crippen molar-refractivity contribution in [3.63, 3.8) is 0 Å². The van der Waals surface area contributed by atoms with Crippen molar-refractivity contribution in [1.82, 2.24) is 0 Å². The Kier molecular flexibility index (Phi) is 2.50. The van der Waals surface area contributed by atoms with Gasteiger partial charge in [0.05, 0.1) is 0 Å². The van der Waals surface area contributed by atoms with Gasteiger partial charge < -0.3 is 10.8 Å². The highest BCUT2D eigenvalue weighted by Crippen LogP contribution is 2.39. The first kappa shape index (κ1) is 10.2. The smallest absolute Gasteiger partial charge is 0.339 e. The summed E-state index contributed by atoms with van der Waals surface area (Å²) in [4.78, 5) is 13.0. The molecule has 2 heterocycles. The van der Waals surface area contributed by atoms with E-state index in [1.165, 1.54) is 22.7 Å². The predicted octanol–water partition coefficient (Wildman–Crippen LogP) is 3.07. The van der Waals surface area contributed by atoms with Gasteiger partial charge in [-0.05, 0) is 18.4 Å². The number of aryl methyl sites for hydroxylation is 1. The van der Waals surface area contributed by atoms with Crippen molar-refractivity contribution < 1.29 is 9.90 Å². The van der Waals surface area contributed by atoms with Gasteiger partial charge >= 0.3 is 5.97 Å². The molecule has 0 saturated carbocycles. The number of thiophene rings is 2. The van der Waals surface area contributed by atoms with Crippen LogP contribution in [-0.2, 0) is 0 Å². The molecule has 2 aromatic rings. The summed E-state index contributed by atoms with van der Waals surface area (Å²) < 4.78 is 0. The lowest BCUT2D eigenvalue weighted by molar-refractivity contribution is 0.0699. The minimum Gasteiger partial charge on any atom is -0.478 e. The molecular weight excluding hydrogens is 230 g/mol. The number of hydrogen-bond donors (Lipinski definition) is 2. The second-order valence-electron chi connectivity index (χ2n) is 3.05. The molecule has 2 aromatic heterocycles. The quantitative estimate of drug-likeness (QED) is 0.846. The zero-order chi connectivity index (χ0) is 11.0. The second-order valence-corrected chi connectivity index (χ2v) is 5.26. The molecule has 0 fully saturated rings. The normalized spacial score (nSPS) is 10.5. The zero-order valence-corrected chi connectivity index (χ0v) is 9.61. The largest absolute Gasteiger partial charge is 0.478 e. The number of nitrogens with two attached hydrogens (primary N) is 1. The van der Waals surface area contributed by atoms with Crippen molar-refractivity contribution in [1.29, 1.82) is 0 Å². The number of rotatable bonds is 2. The van der Waals surface area contributed by atoms with E-state index in [1.807, 2.05) is 24.4 Å². The molecule has 0 bridgehead atoms. The van der Waals surface area contributed by atoms with Crippen LogP contribution in [0.4, 0.5) is 5.00 Å². The molecule has 0 aromatic carbocycles. The van der Waals surface area contributed by atoms with Gasteiger partial charge in [-0.1, -0.05) is 6.07 Å². The Morgan fingerprint density at radius 3 is 2.80 bits per heavy atom. The molecule has 0 spiro atoms. The minimum atomic E-state index is -0.958. The molecule has 5 heteroatoms. The van der Waals surface area contributed by atoms with Crippen LogP contribution in [-0.4, -0.2) is 11.1 Å². The third-order valence-electron chi connectivity index (χ3n) is 2.09. The molecule has 0 radical (unpaired) electrons. The molecule has 0 amide bonds. The Labute approximate surface area is 94.8 Å². The lowest BCUT2D eigenvalue weighted by Gasteiger charge is -1.99. The maximum absolute atomic E-state index is 11.1. The van der Waals surface area contributed by atoms with E-state index in [1.54, 1.807) is 0 Å². The van der Waals surface area contributed by atoms with Gasteiger partial charge in [0.25, 0.3) is 0 Å². The first-order chi connectivity index (χ1) is 7.11. The van der Waals surface area contributed by atoms with Crippen LogP contribution in [0.15, 0.2) is 17.5 Å². The molecule has 78 valence electrons. The van der Waals surface area contributed by atoms with Crippen LogP contribution in [0.1, 0.15) is 15.2 Å². The summed E-state index contributed by atoms with van der Waals surface area (Å²) >= 11 is 2.85. The number of anilines is 1. The van der Waals surface area contributed by atoms with Crippen LogP contribution < -0.4 is 5.73 Å². The molecule has 3 nitrogen and oxygen atoms in total. The van der Waals surface area contributed by atoms with Crippen molar-refractivity contribution in [2.75, 3.05) is 5.73 Å². The van der Waals surface area contributed by atoms with Gasteiger partial charge in [0.15, 0.2) is 0 Å². The molecule has 0 aliphatic heterocycles. The van der Waals surface area contributed by atoms with Crippen LogP contribution in [0.2, 0.25) is 0 Å². The fourth-order valence-electron chi connectivity index (χ4n) is 1.50. The van der Waals surface area contributed by atoms with E-state index in [4.69, 9.17) is 10.8 Å². The molecule has 0 unspecified atom stereocenters. The number of carboxylic acids is 1. The summed E-state index contributed by atoms with van der Waals surface area (Å²) in [5, 5.41) is 11.4. The molecule has 2 rings (SSSR count). The van der Waals surface area contributed by atoms with E-state index in [0.717, 1.165) is 15.3 Å². The monoisotopic (exact) mass is 239 g/mol. The molecule has 3 N–H and O–H groups in total. The summed E-state index contributed by atoms with van der Waals surface area (Å²) in [7, 11) is 0. The third kappa shape index (κ3) is 1.64. The van der Waals surface area contributed by atoms with Gasteiger partial charge in [-0.2, -0.15) is 0 Å². The molecule has 15 heavy (non-hydrogen) atoms. The molecule has 0 saturated heterocycles. The summed E-state index contributed by atoms with van der Waals surface area (Å²) in [6, 6.07) is 3.81. The van der Waals surface area contributed by atoms with E-state index in [2.05, 4.69) is 0 Å². The van der Waals surface area contributed by atoms with Crippen molar-refractivity contribution in [3.8, 4) is 10.4 Å². The molecule has 0 aliphatic rings. The van der Waals surface area contributed by atoms with Gasteiger partial charge in [-0.25, -0.2) is 4.79 Å². The number of carbonyl (C=O) groups is 1. The standard InChI is InChI=1S/C10H9NO2S2/c1-5-7(6-3-2-4-14-6)8(10(12)13)9(11)15-5/h2-4H,11H2,1H3,(H,12,13). The van der Waals surface area contributed by atoms with Crippen molar-refractivity contribution in [3.05, 3.63) is 28.0 Å². The summed E-state index contributed by atoms with van der Waals surface area (Å²) in [6.45, 7) is 1.89. The Balaban J connectivity index is 2.70. The maximum Gasteiger partial charge on any atom is 0.339 e. The van der Waals surface area contributed by atoms with Gasteiger partial charge in [-0.3, -0.25) is 0 Å². The Hall–Kier alpha value is -1.33. The van der Waals surface area contributed by atoms with Crippen LogP contribution in [0.3, 0.4) is 0 Å². The Bertz CT molecular complexity index is 500. The molecule has 0 aliphatic carbocycles. The van der Waals surface area contributed by atoms with Crippen LogP contribution in [0, 0.1) is 6.92 Å². The highest BCUT2D eigenvalue weighted by molar-refractivity contribution is 7.18. The number of hydrogen-bond acceptors (Lipinski definition) is 4. The highest BCUT2D eigenvalue weighted by Gasteiger charge is 2.21. The molecule has 0 atom stereocenters. The topological polar surface area (TPSA) is 63.3 Å². The highest BCUT2D eigenvalue weighted by atomic mass is 32.1. The fraction of sp³-hybridized carbons (Fsp3) is 0.100. The predicted molar refractivity (Wildman–Crippen MR) is 63.7 cm³/mol. The van der Waals surface area contributed by atoms with E-state index in [9.17, 15) is 4.79 Å². The lowest BCUT2D eigenvalue weighted by atomic mass is 10.1. The number of carboxylic acid groups (broad SMARTS) is 1. The average Bonchev–Trinajstić information content (AvgIpc) is 2.71. The third-order valence-corrected chi connectivity index (χ3v) is 3.91. The number of aromatic carboxylic acids is 1. The van der Waals surface area contributed by atoms with Gasteiger partial charge in [0.1, 0.15) is 10.6 Å². The van der Waals surface area contributed by atoms with E-state index < -0.39 is 5.97 Å². The van der Waals surface area contributed by atoms with Crippen molar-refractivity contribution >= 4 is 33.6 Å². The Morgan fingerprint density at radius 2 is 2.27 bits per heavy atom. The van der Waals surface area contributed by atoms with Crippen molar-refractivity contribution in [2.24, 2.45) is 0 Å². The molecular formula is C10H9NO2S2. The number of nitrogen functional groups attached to an aromatic ring is 1. The van der Waals surface area contributed by atoms with Crippen LogP contribution in [0.25, 0.3) is 10.4 Å². The van der Waals surface area contributed by atoms with Gasteiger partial charge in [0.2, 0.25) is 0 Å². The van der Waals surface area contributed by atoms with E-state index in [-0.39, 0.29) is 5.56 Å². The van der Waals surface area contributed by atoms with E-state index >= 15 is 0 Å². The summed E-state index contributed by atoms with van der Waals surface area (Å²) in [6.07, 6.45) is 0. The summed E-state index contributed by atoms with van der Waals surface area (Å²) in [5.74, 6) is -0.958. The SMILES string of the molecule is Cc1sc(N)c(C(=O)O)c1-c1cccs1. The first-order valence-electron chi connectivity index (χ1n) is 4.27. The van der Waals surface area contributed by atoms with Gasteiger partial charge in [-0.15, -0.1) is 22.7 Å². The van der Waals surface area contributed by atoms with Crippen LogP contribution >= 0.6 is 22.7 Å². The van der Waals surface area contributed by atoms with Crippen LogP contribution in [0.5, 0.6) is 0 Å². The average molecular weight is 239 g/mol. The maximum atomic E-state index is 11.1. The first-order valence-corrected chi connectivity index (χ1v) is 5.97. The fourth-order valence-corrected chi connectivity index (χ4v) is 3.33. The van der Waals surface area contributed by atoms with Gasteiger partial charge in [0, 0.05) is 15.3 Å². The summed E-state index contributed by atoms with van der Waals surface area (Å²) in [5.41, 5.74) is 6.69.